The highest BCUT2D eigenvalue weighted by Gasteiger charge is 2.29. The molecule has 0 saturated heterocycles. The Kier molecular flexibility index (Phi) is 5.39. The number of hydrogen-bond acceptors (Lipinski definition) is 5. The van der Waals surface area contributed by atoms with E-state index in [2.05, 4.69) is 31.7 Å². The maximum absolute atomic E-state index is 11.6. The topological polar surface area (TPSA) is 83.5 Å². The van der Waals surface area contributed by atoms with Crippen LogP contribution in [0.25, 0.3) is 5.70 Å². The molecular formula is C19H18BrN3O3. The fourth-order valence-electron chi connectivity index (χ4n) is 2.90. The molecule has 1 aliphatic rings. The van der Waals surface area contributed by atoms with Crippen LogP contribution in [-0.2, 0) is 9.63 Å². The zero-order valence-electron chi connectivity index (χ0n) is 14.3. The predicted molar refractivity (Wildman–Crippen MR) is 102 cm³/mol. The SMILES string of the molecule is CONC1=C(Br)C(=C(C)C(=O)O)NC(c2cccnc2)c2ccccc21. The lowest BCUT2D eigenvalue weighted by Crippen LogP contribution is -2.24. The van der Waals surface area contributed by atoms with Crippen molar-refractivity contribution in [3.63, 3.8) is 0 Å². The van der Waals surface area contributed by atoms with Gasteiger partial charge in [0.2, 0.25) is 0 Å². The van der Waals surface area contributed by atoms with Gasteiger partial charge in [-0.05, 0) is 40.0 Å². The number of hydrogen-bond donors (Lipinski definition) is 3. The Bertz CT molecular complexity index is 894. The fourth-order valence-corrected chi connectivity index (χ4v) is 3.60. The summed E-state index contributed by atoms with van der Waals surface area (Å²) in [4.78, 5) is 21.0. The van der Waals surface area contributed by atoms with Crippen molar-refractivity contribution in [3.8, 4) is 0 Å². The van der Waals surface area contributed by atoms with Crippen molar-refractivity contribution in [1.82, 2.24) is 15.8 Å². The molecule has 6 nitrogen and oxygen atoms in total. The third-order valence-electron chi connectivity index (χ3n) is 4.19. The van der Waals surface area contributed by atoms with E-state index < -0.39 is 5.97 Å². The largest absolute Gasteiger partial charge is 0.478 e. The Labute approximate surface area is 159 Å². The quantitative estimate of drug-likeness (QED) is 0.524. The summed E-state index contributed by atoms with van der Waals surface area (Å²) in [6, 6.07) is 11.4. The number of aliphatic carboxylic acids is 1. The molecular weight excluding hydrogens is 398 g/mol. The van der Waals surface area contributed by atoms with Crippen molar-refractivity contribution < 1.29 is 14.7 Å². The number of nitrogens with zero attached hydrogens (tertiary/aromatic N) is 1. The molecule has 0 spiro atoms. The molecule has 0 fully saturated rings. The molecule has 0 bridgehead atoms. The van der Waals surface area contributed by atoms with E-state index in [1.807, 2.05) is 36.4 Å². The average molecular weight is 416 g/mol. The van der Waals surface area contributed by atoms with Crippen LogP contribution in [0.5, 0.6) is 0 Å². The summed E-state index contributed by atoms with van der Waals surface area (Å²) in [6.45, 7) is 1.56. The van der Waals surface area contributed by atoms with Crippen molar-refractivity contribution in [2.45, 2.75) is 13.0 Å². The number of nitrogens with one attached hydrogen (secondary N) is 2. The first-order chi connectivity index (χ1) is 12.5. The Morgan fingerprint density at radius 1 is 1.31 bits per heavy atom. The van der Waals surface area contributed by atoms with Gasteiger partial charge in [-0.1, -0.05) is 30.3 Å². The first-order valence-corrected chi connectivity index (χ1v) is 8.73. The average Bonchev–Trinajstić information content (AvgIpc) is 2.78. The van der Waals surface area contributed by atoms with Gasteiger partial charge in [0.25, 0.3) is 0 Å². The van der Waals surface area contributed by atoms with Crippen LogP contribution in [0.2, 0.25) is 0 Å². The Morgan fingerprint density at radius 3 is 2.73 bits per heavy atom. The molecule has 0 aliphatic carbocycles. The highest BCUT2D eigenvalue weighted by atomic mass is 79.9. The predicted octanol–water partition coefficient (Wildman–Crippen LogP) is 3.35. The van der Waals surface area contributed by atoms with Gasteiger partial charge in [-0.25, -0.2) is 4.79 Å². The van der Waals surface area contributed by atoms with E-state index >= 15 is 0 Å². The summed E-state index contributed by atoms with van der Waals surface area (Å²) in [5, 5.41) is 12.9. The van der Waals surface area contributed by atoms with Gasteiger partial charge >= 0.3 is 5.97 Å². The molecule has 3 rings (SSSR count). The van der Waals surface area contributed by atoms with Gasteiger partial charge in [0.05, 0.1) is 34.6 Å². The van der Waals surface area contributed by atoms with Gasteiger partial charge in [0.15, 0.2) is 0 Å². The second kappa shape index (κ2) is 7.72. The number of fused-ring (bicyclic) bond motifs is 1. The van der Waals surface area contributed by atoms with Crippen molar-refractivity contribution in [2.75, 3.05) is 7.11 Å². The van der Waals surface area contributed by atoms with Crippen LogP contribution >= 0.6 is 15.9 Å². The van der Waals surface area contributed by atoms with Gasteiger partial charge in [0.1, 0.15) is 0 Å². The van der Waals surface area contributed by atoms with Gasteiger partial charge in [-0.15, -0.1) is 0 Å². The molecule has 1 aromatic heterocycles. The minimum atomic E-state index is -1.00. The van der Waals surface area contributed by atoms with Crippen molar-refractivity contribution >= 4 is 27.6 Å². The highest BCUT2D eigenvalue weighted by Crippen LogP contribution is 2.38. The Morgan fingerprint density at radius 2 is 2.08 bits per heavy atom. The van der Waals surface area contributed by atoms with E-state index in [9.17, 15) is 9.90 Å². The number of aromatic nitrogens is 1. The first kappa shape index (κ1) is 18.2. The second-order valence-corrected chi connectivity index (χ2v) is 6.54. The van der Waals surface area contributed by atoms with Crippen molar-refractivity contribution in [1.29, 1.82) is 0 Å². The molecule has 0 radical (unpaired) electrons. The number of carbonyl (C=O) groups is 1. The maximum atomic E-state index is 11.6. The molecule has 0 amide bonds. The molecule has 7 heteroatoms. The molecule has 1 aliphatic heterocycles. The zero-order valence-corrected chi connectivity index (χ0v) is 15.9. The van der Waals surface area contributed by atoms with Crippen LogP contribution in [0.15, 0.2) is 64.5 Å². The van der Waals surface area contributed by atoms with E-state index in [0.29, 0.717) is 15.9 Å². The smallest absolute Gasteiger partial charge is 0.333 e. The fraction of sp³-hybridized carbons (Fsp3) is 0.158. The standard InChI is InChI=1S/C19H18BrN3O3/c1-11(19(24)25)16-15(20)18(23-26-2)14-8-4-3-7-13(14)17(22-16)12-6-5-9-21-10-12/h3-10,17,22-23H,1-2H3,(H,24,25). The van der Waals surface area contributed by atoms with Gasteiger partial charge in [0, 0.05) is 18.0 Å². The van der Waals surface area contributed by atoms with Crippen molar-refractivity contribution in [2.24, 2.45) is 0 Å². The monoisotopic (exact) mass is 415 g/mol. The van der Waals surface area contributed by atoms with Crippen LogP contribution in [0.4, 0.5) is 0 Å². The summed E-state index contributed by atoms with van der Waals surface area (Å²) in [7, 11) is 1.51. The third kappa shape index (κ3) is 3.36. The second-order valence-electron chi connectivity index (χ2n) is 5.75. The molecule has 3 N–H and O–H groups in total. The van der Waals surface area contributed by atoms with Crippen LogP contribution < -0.4 is 10.8 Å². The highest BCUT2D eigenvalue weighted by molar-refractivity contribution is 9.12. The summed E-state index contributed by atoms with van der Waals surface area (Å²) >= 11 is 3.55. The summed E-state index contributed by atoms with van der Waals surface area (Å²) in [5.41, 5.74) is 6.99. The normalized spacial score (nSPS) is 18.5. The zero-order chi connectivity index (χ0) is 18.7. The number of halogens is 1. The van der Waals surface area contributed by atoms with E-state index in [4.69, 9.17) is 4.84 Å². The number of carboxylic acids is 1. The minimum Gasteiger partial charge on any atom is -0.478 e. The number of pyridine rings is 1. The van der Waals surface area contributed by atoms with Crippen LogP contribution in [0, 0.1) is 0 Å². The Balaban J connectivity index is 2.29. The lowest BCUT2D eigenvalue weighted by Gasteiger charge is -2.22. The molecule has 1 unspecified atom stereocenters. The molecule has 1 atom stereocenters. The number of benzene rings is 1. The van der Waals surface area contributed by atoms with Crippen LogP contribution in [0.1, 0.15) is 29.7 Å². The number of carboxylic acid groups (broad SMARTS) is 1. The van der Waals surface area contributed by atoms with Gasteiger partial charge in [-0.2, -0.15) is 0 Å². The number of allylic oxidation sites excluding steroid dienone is 1. The molecule has 1 aromatic carbocycles. The lowest BCUT2D eigenvalue weighted by atomic mass is 9.95. The number of rotatable bonds is 4. The van der Waals surface area contributed by atoms with E-state index in [-0.39, 0.29) is 11.6 Å². The molecule has 0 saturated carbocycles. The summed E-state index contributed by atoms with van der Waals surface area (Å²) in [5.74, 6) is -1.00. The van der Waals surface area contributed by atoms with Crippen molar-refractivity contribution in [3.05, 3.63) is 81.2 Å². The van der Waals surface area contributed by atoms with Crippen LogP contribution in [0.3, 0.4) is 0 Å². The molecule has 2 aromatic rings. The maximum Gasteiger partial charge on any atom is 0.333 e. The first-order valence-electron chi connectivity index (χ1n) is 7.93. The number of hydroxylamine groups is 1. The van der Waals surface area contributed by atoms with Gasteiger partial charge in [-0.3, -0.25) is 15.3 Å². The molecule has 2 heterocycles. The Hall–Kier alpha value is -2.64. The van der Waals surface area contributed by atoms with E-state index in [1.54, 1.807) is 19.3 Å². The van der Waals surface area contributed by atoms with E-state index in [1.165, 1.54) is 7.11 Å². The van der Waals surface area contributed by atoms with E-state index in [0.717, 1.165) is 16.7 Å². The minimum absolute atomic E-state index is 0.189. The molecule has 26 heavy (non-hydrogen) atoms. The van der Waals surface area contributed by atoms with Gasteiger partial charge < -0.3 is 10.4 Å². The summed E-state index contributed by atoms with van der Waals surface area (Å²) in [6.07, 6.45) is 3.47. The molecule has 134 valence electrons. The lowest BCUT2D eigenvalue weighted by molar-refractivity contribution is -0.132. The van der Waals surface area contributed by atoms with Crippen LogP contribution in [-0.4, -0.2) is 23.2 Å². The summed E-state index contributed by atoms with van der Waals surface area (Å²) < 4.78 is 0.582. The third-order valence-corrected chi connectivity index (χ3v) is 4.98.